The third kappa shape index (κ3) is 3.37. The van der Waals surface area contributed by atoms with Crippen molar-refractivity contribution in [1.29, 1.82) is 0 Å². The van der Waals surface area contributed by atoms with Crippen molar-refractivity contribution in [3.63, 3.8) is 0 Å². The Morgan fingerprint density at radius 2 is 1.88 bits per heavy atom. The molecule has 164 valence electrons. The lowest BCUT2D eigenvalue weighted by Gasteiger charge is -2.25. The molecular formula is C23H22N4O4S. The van der Waals surface area contributed by atoms with Crippen molar-refractivity contribution in [1.82, 2.24) is 10.1 Å². The maximum absolute atomic E-state index is 13.3. The molecule has 0 spiro atoms. The number of nitrogens with zero attached hydrogens (tertiary/aromatic N) is 3. The van der Waals surface area contributed by atoms with E-state index >= 15 is 0 Å². The van der Waals surface area contributed by atoms with Crippen molar-refractivity contribution in [2.75, 3.05) is 16.2 Å². The Kier molecular flexibility index (Phi) is 4.36. The molecule has 0 radical (unpaired) electrons. The Balaban J connectivity index is 1.29. The predicted molar refractivity (Wildman–Crippen MR) is 117 cm³/mol. The van der Waals surface area contributed by atoms with E-state index in [-0.39, 0.29) is 10.8 Å². The first-order valence-corrected chi connectivity index (χ1v) is 12.4. The molecule has 0 saturated heterocycles. The summed E-state index contributed by atoms with van der Waals surface area (Å²) in [5.74, 6) is 1.72. The number of rotatable bonds is 6. The summed E-state index contributed by atoms with van der Waals surface area (Å²) in [5, 5.41) is 4.04. The molecule has 1 fully saturated rings. The third-order valence-electron chi connectivity index (χ3n) is 6.37. The molecule has 1 aromatic heterocycles. The molecule has 2 aliphatic heterocycles. The Labute approximate surface area is 185 Å². The Morgan fingerprint density at radius 3 is 2.69 bits per heavy atom. The van der Waals surface area contributed by atoms with Gasteiger partial charge in [-0.1, -0.05) is 23.4 Å². The van der Waals surface area contributed by atoms with E-state index in [1.807, 2.05) is 12.1 Å². The molecule has 0 atom stereocenters. The van der Waals surface area contributed by atoms with Crippen LogP contribution in [0.15, 0.2) is 45.8 Å². The van der Waals surface area contributed by atoms with Crippen molar-refractivity contribution < 1.29 is 17.7 Å². The zero-order valence-corrected chi connectivity index (χ0v) is 18.2. The van der Waals surface area contributed by atoms with Crippen LogP contribution in [0.25, 0.3) is 0 Å². The molecule has 0 bridgehead atoms. The Morgan fingerprint density at radius 1 is 1.09 bits per heavy atom. The summed E-state index contributed by atoms with van der Waals surface area (Å²) in [6.45, 7) is 0.619. The smallest absolute Gasteiger partial charge is 0.261 e. The minimum atomic E-state index is -3.81. The van der Waals surface area contributed by atoms with E-state index in [1.54, 1.807) is 29.2 Å². The quantitative estimate of drug-likeness (QED) is 0.618. The van der Waals surface area contributed by atoms with Crippen molar-refractivity contribution in [3.05, 3.63) is 64.8 Å². The summed E-state index contributed by atoms with van der Waals surface area (Å²) in [6, 6.07) is 10.6. The number of carbonyl (C=O) groups is 1. The van der Waals surface area contributed by atoms with Gasteiger partial charge in [0, 0.05) is 18.9 Å². The molecule has 32 heavy (non-hydrogen) atoms. The second kappa shape index (κ2) is 7.16. The number of amides is 1. The van der Waals surface area contributed by atoms with Gasteiger partial charge in [-0.05, 0) is 60.6 Å². The van der Waals surface area contributed by atoms with E-state index < -0.39 is 10.0 Å². The third-order valence-corrected chi connectivity index (χ3v) is 7.71. The van der Waals surface area contributed by atoms with Crippen LogP contribution < -0.4 is 9.62 Å². The van der Waals surface area contributed by atoms with Crippen LogP contribution in [0.4, 0.5) is 11.4 Å². The van der Waals surface area contributed by atoms with Gasteiger partial charge in [0.1, 0.15) is 0 Å². The van der Waals surface area contributed by atoms with Crippen LogP contribution in [-0.2, 0) is 34.1 Å². The van der Waals surface area contributed by atoms with E-state index in [4.69, 9.17) is 4.52 Å². The summed E-state index contributed by atoms with van der Waals surface area (Å²) in [6.07, 6.45) is 4.19. The van der Waals surface area contributed by atoms with E-state index in [9.17, 15) is 13.2 Å². The molecule has 1 saturated carbocycles. The van der Waals surface area contributed by atoms with Crippen LogP contribution in [0.1, 0.15) is 53.6 Å². The van der Waals surface area contributed by atoms with Gasteiger partial charge >= 0.3 is 0 Å². The van der Waals surface area contributed by atoms with Crippen LogP contribution in [0.5, 0.6) is 0 Å². The fraction of sp³-hybridized carbons (Fsp3) is 0.348. The average molecular weight is 451 g/mol. The molecule has 3 aromatic rings. The molecule has 3 aliphatic rings. The maximum Gasteiger partial charge on any atom is 0.261 e. The summed E-state index contributed by atoms with van der Waals surface area (Å²) < 4.78 is 34.7. The van der Waals surface area contributed by atoms with Crippen molar-refractivity contribution in [2.45, 2.75) is 49.3 Å². The van der Waals surface area contributed by atoms with E-state index in [0.29, 0.717) is 49.7 Å². The number of sulfonamides is 1. The number of carbonyl (C=O) groups excluding carboxylic acids is 1. The highest BCUT2D eigenvalue weighted by atomic mass is 32.2. The van der Waals surface area contributed by atoms with E-state index in [0.717, 1.165) is 41.0 Å². The molecule has 6 rings (SSSR count). The van der Waals surface area contributed by atoms with Crippen molar-refractivity contribution in [3.8, 4) is 0 Å². The van der Waals surface area contributed by atoms with Crippen LogP contribution in [0, 0.1) is 0 Å². The standard InChI is InChI=1S/C23H22N4O4S/c28-21-8-7-16-11-18(12-17-9-10-27(21)22(16)17)32(29,30)26-19-4-2-1-3-15(19)13-20-24-23(25-31-20)14-5-6-14/h1-4,11-12,14,26H,5-10,13H2. The molecule has 2 aromatic carbocycles. The van der Waals surface area contributed by atoms with Crippen LogP contribution in [0.3, 0.4) is 0 Å². The van der Waals surface area contributed by atoms with E-state index in [1.165, 1.54) is 0 Å². The number of hydrogen-bond donors (Lipinski definition) is 1. The number of para-hydroxylation sites is 1. The van der Waals surface area contributed by atoms with Gasteiger partial charge in [-0.3, -0.25) is 9.52 Å². The molecule has 8 nitrogen and oxygen atoms in total. The number of nitrogens with one attached hydrogen (secondary N) is 1. The summed E-state index contributed by atoms with van der Waals surface area (Å²) in [5.41, 5.74) is 4.00. The van der Waals surface area contributed by atoms with Crippen LogP contribution in [-0.4, -0.2) is 31.0 Å². The van der Waals surface area contributed by atoms with Gasteiger partial charge in [0.25, 0.3) is 10.0 Å². The first kappa shape index (κ1) is 19.5. The first-order valence-electron chi connectivity index (χ1n) is 10.9. The van der Waals surface area contributed by atoms with Gasteiger partial charge in [-0.2, -0.15) is 4.98 Å². The van der Waals surface area contributed by atoms with Gasteiger partial charge in [0.15, 0.2) is 5.82 Å². The fourth-order valence-electron chi connectivity index (χ4n) is 4.57. The lowest BCUT2D eigenvalue weighted by atomic mass is 10.00. The highest BCUT2D eigenvalue weighted by Gasteiger charge is 2.33. The normalized spacial score (nSPS) is 17.5. The second-order valence-electron chi connectivity index (χ2n) is 8.65. The van der Waals surface area contributed by atoms with Gasteiger partial charge in [-0.25, -0.2) is 8.42 Å². The highest BCUT2D eigenvalue weighted by molar-refractivity contribution is 7.92. The van der Waals surface area contributed by atoms with Gasteiger partial charge in [0.2, 0.25) is 11.8 Å². The molecular weight excluding hydrogens is 428 g/mol. The number of hydrogen-bond acceptors (Lipinski definition) is 6. The van der Waals surface area contributed by atoms with Crippen LogP contribution in [0.2, 0.25) is 0 Å². The molecule has 1 amide bonds. The van der Waals surface area contributed by atoms with Crippen molar-refractivity contribution >= 4 is 27.3 Å². The van der Waals surface area contributed by atoms with Crippen LogP contribution >= 0.6 is 0 Å². The lowest BCUT2D eigenvalue weighted by molar-refractivity contribution is -0.118. The zero-order chi connectivity index (χ0) is 21.9. The summed E-state index contributed by atoms with van der Waals surface area (Å²) >= 11 is 0. The molecule has 3 heterocycles. The minimum absolute atomic E-state index is 0.116. The number of anilines is 2. The highest BCUT2D eigenvalue weighted by Crippen LogP contribution is 2.39. The maximum atomic E-state index is 13.3. The Hall–Kier alpha value is -3.20. The Bertz CT molecular complexity index is 1340. The molecule has 1 aliphatic carbocycles. The SMILES string of the molecule is O=C1CCc2cc(S(=O)(=O)Nc3ccccc3Cc3nc(C4CC4)no3)cc3c2N1CC3. The monoisotopic (exact) mass is 450 g/mol. The topological polar surface area (TPSA) is 105 Å². The number of benzene rings is 2. The van der Waals surface area contributed by atoms with E-state index in [2.05, 4.69) is 14.9 Å². The van der Waals surface area contributed by atoms with Gasteiger partial charge in [-0.15, -0.1) is 0 Å². The number of aryl methyl sites for hydroxylation is 1. The lowest BCUT2D eigenvalue weighted by Crippen LogP contribution is -2.33. The molecule has 0 unspecified atom stereocenters. The predicted octanol–water partition coefficient (Wildman–Crippen LogP) is 3.17. The largest absolute Gasteiger partial charge is 0.339 e. The summed E-state index contributed by atoms with van der Waals surface area (Å²) in [7, 11) is -3.81. The zero-order valence-electron chi connectivity index (χ0n) is 17.4. The fourth-order valence-corrected chi connectivity index (χ4v) is 5.77. The second-order valence-corrected chi connectivity index (χ2v) is 10.3. The minimum Gasteiger partial charge on any atom is -0.339 e. The first-order chi connectivity index (χ1) is 15.5. The number of aromatic nitrogens is 2. The molecule has 1 N–H and O–H groups in total. The molecule has 9 heteroatoms. The van der Waals surface area contributed by atoms with Crippen molar-refractivity contribution in [2.24, 2.45) is 0 Å². The summed E-state index contributed by atoms with van der Waals surface area (Å²) in [4.78, 5) is 18.6. The van der Waals surface area contributed by atoms with Gasteiger partial charge in [0.05, 0.1) is 22.7 Å². The average Bonchev–Trinajstić information content (AvgIpc) is 3.36. The van der Waals surface area contributed by atoms with Gasteiger partial charge < -0.3 is 9.42 Å².